The fourth-order valence-corrected chi connectivity index (χ4v) is 4.54. The summed E-state index contributed by atoms with van der Waals surface area (Å²) in [6, 6.07) is 11.3. The molecule has 0 atom stereocenters. The van der Waals surface area contributed by atoms with E-state index in [0.29, 0.717) is 18.0 Å². The van der Waals surface area contributed by atoms with Crippen molar-refractivity contribution in [1.82, 2.24) is 4.57 Å². The van der Waals surface area contributed by atoms with Crippen LogP contribution in [0.3, 0.4) is 0 Å². The minimum absolute atomic E-state index is 0.0352. The van der Waals surface area contributed by atoms with Crippen molar-refractivity contribution < 1.29 is 13.2 Å². The second-order valence-electron chi connectivity index (χ2n) is 5.48. The molecular weight excluding hydrogens is 360 g/mol. The number of thiazole rings is 1. The number of sulfonamides is 1. The summed E-state index contributed by atoms with van der Waals surface area (Å²) >= 11 is 1.12. The monoisotopic (exact) mass is 378 g/mol. The van der Waals surface area contributed by atoms with E-state index < -0.39 is 10.0 Å². The number of benzene rings is 2. The average Bonchev–Trinajstić information content (AvgIpc) is 2.90. The Morgan fingerprint density at radius 3 is 2.52 bits per heavy atom. The molecule has 0 unspecified atom stereocenters. The first-order valence-corrected chi connectivity index (χ1v) is 10.0. The molecule has 0 saturated heterocycles. The maximum Gasteiger partial charge on any atom is 0.308 e. The van der Waals surface area contributed by atoms with E-state index in [-0.39, 0.29) is 9.77 Å². The van der Waals surface area contributed by atoms with Gasteiger partial charge in [-0.15, -0.1) is 0 Å². The molecule has 1 aromatic heterocycles. The van der Waals surface area contributed by atoms with E-state index in [1.165, 1.54) is 19.2 Å². The summed E-state index contributed by atoms with van der Waals surface area (Å²) in [5, 5.41) is 0. The van der Waals surface area contributed by atoms with Gasteiger partial charge < -0.3 is 4.74 Å². The van der Waals surface area contributed by atoms with Crippen molar-refractivity contribution in [2.24, 2.45) is 0 Å². The predicted molar refractivity (Wildman–Crippen MR) is 100 cm³/mol. The molecule has 0 bridgehead atoms. The molecule has 0 fully saturated rings. The van der Waals surface area contributed by atoms with Crippen LogP contribution < -0.4 is 14.3 Å². The molecule has 1 N–H and O–H groups in total. The molecule has 0 spiro atoms. The molecule has 3 aromatic rings. The van der Waals surface area contributed by atoms with Gasteiger partial charge >= 0.3 is 4.87 Å². The molecule has 0 radical (unpaired) electrons. The maximum atomic E-state index is 12.5. The van der Waals surface area contributed by atoms with Crippen LogP contribution in [0.25, 0.3) is 10.2 Å². The summed E-state index contributed by atoms with van der Waals surface area (Å²) < 4.78 is 35.0. The zero-order chi connectivity index (χ0) is 18.0. The van der Waals surface area contributed by atoms with Gasteiger partial charge in [-0.05, 0) is 48.9 Å². The molecule has 0 aliphatic heterocycles. The number of nitrogens with one attached hydrogen (secondary N) is 1. The molecule has 6 nitrogen and oxygen atoms in total. The highest BCUT2D eigenvalue weighted by atomic mass is 32.2. The Hall–Kier alpha value is -2.32. The van der Waals surface area contributed by atoms with Gasteiger partial charge in [-0.1, -0.05) is 18.3 Å². The van der Waals surface area contributed by atoms with Crippen molar-refractivity contribution >= 4 is 37.3 Å². The molecule has 2 aromatic carbocycles. The first-order chi connectivity index (χ1) is 11.9. The van der Waals surface area contributed by atoms with Crippen LogP contribution in [0.4, 0.5) is 5.69 Å². The number of ether oxygens (including phenoxy) is 1. The molecule has 1 heterocycles. The van der Waals surface area contributed by atoms with Gasteiger partial charge in [-0.3, -0.25) is 14.1 Å². The fourth-order valence-electron chi connectivity index (χ4n) is 2.53. The summed E-state index contributed by atoms with van der Waals surface area (Å²) in [6.07, 6.45) is 0.859. The Bertz CT molecular complexity index is 1050. The number of anilines is 1. The first kappa shape index (κ1) is 17.5. The number of nitrogens with zero attached hydrogens (tertiary/aromatic N) is 1. The smallest absolute Gasteiger partial charge is 0.308 e. The van der Waals surface area contributed by atoms with Crippen LogP contribution in [0.5, 0.6) is 5.75 Å². The van der Waals surface area contributed by atoms with Gasteiger partial charge in [0.25, 0.3) is 10.0 Å². The van der Waals surface area contributed by atoms with Crippen molar-refractivity contribution in [1.29, 1.82) is 0 Å². The summed E-state index contributed by atoms with van der Waals surface area (Å²) in [7, 11) is -2.19. The lowest BCUT2D eigenvalue weighted by Crippen LogP contribution is -2.13. The van der Waals surface area contributed by atoms with E-state index in [2.05, 4.69) is 4.72 Å². The number of methoxy groups -OCH3 is 1. The molecule has 8 heteroatoms. The second kappa shape index (κ2) is 6.89. The fraction of sp³-hybridized carbons (Fsp3) is 0.235. The van der Waals surface area contributed by atoms with Crippen molar-refractivity contribution in [3.63, 3.8) is 0 Å². The van der Waals surface area contributed by atoms with Gasteiger partial charge in [0, 0.05) is 6.54 Å². The van der Waals surface area contributed by atoms with Crippen LogP contribution in [-0.4, -0.2) is 20.1 Å². The zero-order valence-electron chi connectivity index (χ0n) is 13.9. The maximum absolute atomic E-state index is 12.5. The third-order valence-corrected chi connectivity index (χ3v) is 6.08. The normalized spacial score (nSPS) is 11.6. The molecule has 132 valence electrons. The lowest BCUT2D eigenvalue weighted by atomic mass is 10.3. The third-order valence-electron chi connectivity index (χ3n) is 3.74. The number of hydrogen-bond acceptors (Lipinski definition) is 5. The van der Waals surface area contributed by atoms with Crippen molar-refractivity contribution in [2.75, 3.05) is 11.8 Å². The lowest BCUT2D eigenvalue weighted by Gasteiger charge is -2.09. The van der Waals surface area contributed by atoms with E-state index in [0.717, 1.165) is 28.0 Å². The molecule has 0 saturated carbocycles. The average molecular weight is 378 g/mol. The Labute approximate surface area is 149 Å². The van der Waals surface area contributed by atoms with Crippen LogP contribution in [0.2, 0.25) is 0 Å². The number of aryl methyl sites for hydroxylation is 1. The molecule has 3 rings (SSSR count). The Kier molecular flexibility index (Phi) is 4.82. The standard InChI is InChI=1S/C17H18N2O4S2/c1-3-10-19-15-9-4-12(11-16(15)24-17(19)20)18-25(21,22)14-7-5-13(23-2)6-8-14/h4-9,11,18H,3,10H2,1-2H3. The van der Waals surface area contributed by atoms with Crippen LogP contribution in [0.15, 0.2) is 52.2 Å². The lowest BCUT2D eigenvalue weighted by molar-refractivity contribution is 0.414. The Morgan fingerprint density at radius 2 is 1.88 bits per heavy atom. The number of aromatic nitrogens is 1. The molecule has 0 amide bonds. The van der Waals surface area contributed by atoms with Gasteiger partial charge in [-0.25, -0.2) is 8.42 Å². The van der Waals surface area contributed by atoms with E-state index >= 15 is 0 Å². The van der Waals surface area contributed by atoms with E-state index in [9.17, 15) is 13.2 Å². The van der Waals surface area contributed by atoms with Gasteiger partial charge in [0.2, 0.25) is 0 Å². The Morgan fingerprint density at radius 1 is 1.16 bits per heavy atom. The van der Waals surface area contributed by atoms with Crippen LogP contribution in [0.1, 0.15) is 13.3 Å². The highest BCUT2D eigenvalue weighted by Gasteiger charge is 2.15. The van der Waals surface area contributed by atoms with E-state index in [1.807, 2.05) is 6.92 Å². The minimum atomic E-state index is -3.71. The third kappa shape index (κ3) is 3.54. The predicted octanol–water partition coefficient (Wildman–Crippen LogP) is 3.28. The van der Waals surface area contributed by atoms with Crippen LogP contribution in [-0.2, 0) is 16.6 Å². The minimum Gasteiger partial charge on any atom is -0.497 e. The number of rotatable bonds is 6. The van der Waals surface area contributed by atoms with Gasteiger partial charge in [-0.2, -0.15) is 0 Å². The van der Waals surface area contributed by atoms with Gasteiger partial charge in [0.1, 0.15) is 5.75 Å². The SMILES string of the molecule is CCCn1c(=O)sc2cc(NS(=O)(=O)c3ccc(OC)cc3)ccc21. The highest BCUT2D eigenvalue weighted by Crippen LogP contribution is 2.24. The number of fused-ring (bicyclic) bond motifs is 1. The van der Waals surface area contributed by atoms with E-state index in [1.54, 1.807) is 34.9 Å². The second-order valence-corrected chi connectivity index (χ2v) is 8.16. The number of hydrogen-bond donors (Lipinski definition) is 1. The van der Waals surface area contributed by atoms with Crippen molar-refractivity contribution in [3.05, 3.63) is 52.1 Å². The van der Waals surface area contributed by atoms with Gasteiger partial charge in [0.05, 0.1) is 27.9 Å². The highest BCUT2D eigenvalue weighted by molar-refractivity contribution is 7.92. The molecule has 0 aliphatic carbocycles. The summed E-state index contributed by atoms with van der Waals surface area (Å²) in [4.78, 5) is 12.1. The van der Waals surface area contributed by atoms with Crippen molar-refractivity contribution in [2.45, 2.75) is 24.8 Å². The van der Waals surface area contributed by atoms with Crippen LogP contribution >= 0.6 is 11.3 Å². The quantitative estimate of drug-likeness (QED) is 0.714. The summed E-state index contributed by atoms with van der Waals surface area (Å²) in [5.74, 6) is 0.586. The zero-order valence-corrected chi connectivity index (χ0v) is 15.5. The van der Waals surface area contributed by atoms with Crippen LogP contribution in [0, 0.1) is 0 Å². The molecular formula is C17H18N2O4S2. The molecule has 25 heavy (non-hydrogen) atoms. The first-order valence-electron chi connectivity index (χ1n) is 7.75. The van der Waals surface area contributed by atoms with E-state index in [4.69, 9.17) is 4.74 Å². The topological polar surface area (TPSA) is 77.4 Å². The molecule has 0 aliphatic rings. The Balaban J connectivity index is 1.92. The van der Waals surface area contributed by atoms with Crippen molar-refractivity contribution in [3.8, 4) is 5.75 Å². The van der Waals surface area contributed by atoms with Gasteiger partial charge in [0.15, 0.2) is 0 Å². The summed E-state index contributed by atoms with van der Waals surface area (Å²) in [5.41, 5.74) is 1.25. The summed E-state index contributed by atoms with van der Waals surface area (Å²) in [6.45, 7) is 2.66. The largest absolute Gasteiger partial charge is 0.497 e.